The van der Waals surface area contributed by atoms with Crippen LogP contribution in [0.4, 0.5) is 5.69 Å². The molecule has 0 aliphatic carbocycles. The van der Waals surface area contributed by atoms with Gasteiger partial charge in [-0.05, 0) is 18.2 Å². The van der Waals surface area contributed by atoms with E-state index < -0.39 is 0 Å². The topological polar surface area (TPSA) is 36.4 Å². The van der Waals surface area contributed by atoms with E-state index in [2.05, 4.69) is 15.8 Å². The Bertz CT molecular complexity index is 354. The van der Waals surface area contributed by atoms with Crippen molar-refractivity contribution in [1.82, 2.24) is 5.43 Å². The van der Waals surface area contributed by atoms with Crippen molar-refractivity contribution in [2.24, 2.45) is 4.99 Å². The summed E-state index contributed by atoms with van der Waals surface area (Å²) in [6.07, 6.45) is 0. The Morgan fingerprint density at radius 1 is 1.36 bits per heavy atom. The number of amidine groups is 1. The zero-order valence-corrected chi connectivity index (χ0v) is 9.03. The van der Waals surface area contributed by atoms with Gasteiger partial charge in [0.1, 0.15) is 0 Å². The zero-order valence-electron chi connectivity index (χ0n) is 7.46. The van der Waals surface area contributed by atoms with Gasteiger partial charge in [-0.3, -0.25) is 15.8 Å². The van der Waals surface area contributed by atoms with Crippen LogP contribution in [0.2, 0.25) is 5.02 Å². The lowest BCUT2D eigenvalue weighted by molar-refractivity contribution is 1.10. The number of hydrazine groups is 1. The van der Waals surface area contributed by atoms with Crippen molar-refractivity contribution in [1.29, 1.82) is 0 Å². The monoisotopic (exact) mass is 227 g/mol. The summed E-state index contributed by atoms with van der Waals surface area (Å²) < 4.78 is 0. The third kappa shape index (κ3) is 2.56. The number of thioether (sulfide) groups is 1. The number of hydrogen-bond donors (Lipinski definition) is 2. The molecule has 0 unspecified atom stereocenters. The normalized spacial score (nSPS) is 15.1. The SMILES string of the molecule is Clc1cccc(NNC2=NCCS2)c1. The van der Waals surface area contributed by atoms with Gasteiger partial charge in [-0.1, -0.05) is 29.4 Å². The highest BCUT2D eigenvalue weighted by Gasteiger charge is 2.05. The second-order valence-electron chi connectivity index (χ2n) is 2.80. The average Bonchev–Trinajstić information content (AvgIpc) is 2.67. The average molecular weight is 228 g/mol. The highest BCUT2D eigenvalue weighted by atomic mass is 35.5. The Morgan fingerprint density at radius 3 is 3.00 bits per heavy atom. The highest BCUT2D eigenvalue weighted by molar-refractivity contribution is 8.14. The minimum Gasteiger partial charge on any atom is -0.299 e. The maximum absolute atomic E-state index is 5.84. The molecule has 1 aliphatic rings. The molecule has 1 aromatic carbocycles. The van der Waals surface area contributed by atoms with Crippen LogP contribution in [0, 0.1) is 0 Å². The summed E-state index contributed by atoms with van der Waals surface area (Å²) in [6, 6.07) is 7.54. The molecule has 2 N–H and O–H groups in total. The fraction of sp³-hybridized carbons (Fsp3) is 0.222. The first-order chi connectivity index (χ1) is 6.84. The number of benzene rings is 1. The van der Waals surface area contributed by atoms with Crippen molar-refractivity contribution in [3.05, 3.63) is 29.3 Å². The first-order valence-corrected chi connectivity index (χ1v) is 5.66. The van der Waals surface area contributed by atoms with Gasteiger partial charge in [0.15, 0.2) is 5.17 Å². The van der Waals surface area contributed by atoms with Crippen molar-refractivity contribution in [3.63, 3.8) is 0 Å². The Morgan fingerprint density at radius 2 is 2.29 bits per heavy atom. The molecule has 3 nitrogen and oxygen atoms in total. The molecular weight excluding hydrogens is 218 g/mol. The highest BCUT2D eigenvalue weighted by Crippen LogP contribution is 2.15. The lowest BCUT2D eigenvalue weighted by Gasteiger charge is -2.08. The predicted molar refractivity (Wildman–Crippen MR) is 63.0 cm³/mol. The Kier molecular flexibility index (Phi) is 3.16. The molecule has 1 aliphatic heterocycles. The van der Waals surface area contributed by atoms with Gasteiger partial charge in [0.05, 0.1) is 12.2 Å². The number of anilines is 1. The number of hydrogen-bond acceptors (Lipinski definition) is 4. The fourth-order valence-corrected chi connectivity index (χ4v) is 1.97. The molecule has 1 aromatic rings. The molecule has 1 heterocycles. The van der Waals surface area contributed by atoms with E-state index in [1.807, 2.05) is 24.3 Å². The quantitative estimate of drug-likeness (QED) is 0.762. The van der Waals surface area contributed by atoms with E-state index >= 15 is 0 Å². The van der Waals surface area contributed by atoms with Crippen LogP contribution in [-0.2, 0) is 0 Å². The van der Waals surface area contributed by atoms with Crippen LogP contribution in [0.1, 0.15) is 0 Å². The van der Waals surface area contributed by atoms with E-state index in [9.17, 15) is 0 Å². The Labute approximate surface area is 91.9 Å². The van der Waals surface area contributed by atoms with Crippen molar-refractivity contribution in [2.45, 2.75) is 0 Å². The Balaban J connectivity index is 1.91. The zero-order chi connectivity index (χ0) is 9.80. The van der Waals surface area contributed by atoms with E-state index in [1.165, 1.54) is 0 Å². The summed E-state index contributed by atoms with van der Waals surface area (Å²) in [6.45, 7) is 0.893. The fourth-order valence-electron chi connectivity index (χ4n) is 1.10. The van der Waals surface area contributed by atoms with Gasteiger partial charge < -0.3 is 0 Å². The van der Waals surface area contributed by atoms with Gasteiger partial charge in [-0.25, -0.2) is 0 Å². The molecule has 5 heteroatoms. The van der Waals surface area contributed by atoms with Gasteiger partial charge in [-0.2, -0.15) is 0 Å². The van der Waals surface area contributed by atoms with Crippen molar-refractivity contribution >= 4 is 34.2 Å². The number of nitrogens with zero attached hydrogens (tertiary/aromatic N) is 1. The first-order valence-electron chi connectivity index (χ1n) is 4.29. The maximum Gasteiger partial charge on any atom is 0.175 e. The van der Waals surface area contributed by atoms with Gasteiger partial charge >= 0.3 is 0 Å². The smallest absolute Gasteiger partial charge is 0.175 e. The third-order valence-electron chi connectivity index (χ3n) is 1.72. The summed E-state index contributed by atoms with van der Waals surface area (Å²) >= 11 is 7.55. The first kappa shape index (κ1) is 9.68. The van der Waals surface area contributed by atoms with Crippen LogP contribution in [0.5, 0.6) is 0 Å². The van der Waals surface area contributed by atoms with Crippen LogP contribution in [0.15, 0.2) is 29.3 Å². The van der Waals surface area contributed by atoms with Crippen molar-refractivity contribution < 1.29 is 0 Å². The molecule has 2 rings (SSSR count). The molecule has 74 valence electrons. The van der Waals surface area contributed by atoms with Crippen LogP contribution in [0.3, 0.4) is 0 Å². The number of nitrogens with one attached hydrogen (secondary N) is 2. The van der Waals surface area contributed by atoms with E-state index in [4.69, 9.17) is 11.6 Å². The third-order valence-corrected chi connectivity index (χ3v) is 2.85. The van der Waals surface area contributed by atoms with Crippen LogP contribution in [-0.4, -0.2) is 17.5 Å². The van der Waals surface area contributed by atoms with Crippen LogP contribution < -0.4 is 10.9 Å². The molecular formula is C9H10ClN3S. The van der Waals surface area contributed by atoms with E-state index in [0.717, 1.165) is 28.2 Å². The maximum atomic E-state index is 5.84. The lowest BCUT2D eigenvalue weighted by Crippen LogP contribution is -2.25. The summed E-state index contributed by atoms with van der Waals surface area (Å²) in [4.78, 5) is 4.25. The van der Waals surface area contributed by atoms with E-state index in [-0.39, 0.29) is 0 Å². The van der Waals surface area contributed by atoms with Gasteiger partial charge in [0.25, 0.3) is 0 Å². The van der Waals surface area contributed by atoms with E-state index in [0.29, 0.717) is 0 Å². The second kappa shape index (κ2) is 4.57. The standard InChI is InChI=1S/C9H10ClN3S/c10-7-2-1-3-8(6-7)12-13-9-11-4-5-14-9/h1-3,6,12H,4-5H2,(H,11,13). The van der Waals surface area contributed by atoms with E-state index in [1.54, 1.807) is 11.8 Å². The minimum atomic E-state index is 0.720. The predicted octanol–water partition coefficient (Wildman–Crippen LogP) is 2.36. The molecule has 0 saturated carbocycles. The largest absolute Gasteiger partial charge is 0.299 e. The minimum absolute atomic E-state index is 0.720. The molecule has 0 spiro atoms. The molecule has 0 saturated heterocycles. The molecule has 0 radical (unpaired) electrons. The molecule has 0 fully saturated rings. The summed E-state index contributed by atoms with van der Waals surface area (Å²) in [5, 5.41) is 1.66. The molecule has 0 amide bonds. The van der Waals surface area contributed by atoms with Crippen LogP contribution in [0.25, 0.3) is 0 Å². The molecule has 0 atom stereocenters. The summed E-state index contributed by atoms with van der Waals surface area (Å²) in [5.74, 6) is 1.06. The van der Waals surface area contributed by atoms with Gasteiger partial charge in [-0.15, -0.1) is 0 Å². The lowest BCUT2D eigenvalue weighted by atomic mass is 10.3. The van der Waals surface area contributed by atoms with Crippen molar-refractivity contribution in [3.8, 4) is 0 Å². The van der Waals surface area contributed by atoms with Crippen molar-refractivity contribution in [2.75, 3.05) is 17.7 Å². The second-order valence-corrected chi connectivity index (χ2v) is 4.32. The van der Waals surface area contributed by atoms with Crippen LogP contribution >= 0.6 is 23.4 Å². The van der Waals surface area contributed by atoms with Gasteiger partial charge in [0, 0.05) is 10.8 Å². The number of halogens is 1. The summed E-state index contributed by atoms with van der Waals surface area (Å²) in [5.41, 5.74) is 7.01. The molecule has 0 bridgehead atoms. The number of rotatable bonds is 2. The Hall–Kier alpha value is -0.870. The van der Waals surface area contributed by atoms with Gasteiger partial charge in [0.2, 0.25) is 0 Å². The molecule has 14 heavy (non-hydrogen) atoms. The molecule has 0 aromatic heterocycles. The summed E-state index contributed by atoms with van der Waals surface area (Å²) in [7, 11) is 0. The number of aliphatic imine (C=N–C) groups is 1.